The van der Waals surface area contributed by atoms with E-state index in [0.29, 0.717) is 41.5 Å². The number of halogens is 1. The van der Waals surface area contributed by atoms with Crippen LogP contribution in [0.2, 0.25) is 5.02 Å². The molecule has 8 heteroatoms. The minimum atomic E-state index is -0.765. The second kappa shape index (κ2) is 12.5. The molecular formula is C30H34ClN3O4. The van der Waals surface area contributed by atoms with Gasteiger partial charge in [-0.3, -0.25) is 4.79 Å². The van der Waals surface area contributed by atoms with Gasteiger partial charge in [-0.15, -0.1) is 0 Å². The van der Waals surface area contributed by atoms with Crippen LogP contribution < -0.4 is 10.6 Å². The fourth-order valence-electron chi connectivity index (χ4n) is 4.65. The zero-order chi connectivity index (χ0) is 27.2. The van der Waals surface area contributed by atoms with Crippen molar-refractivity contribution in [2.45, 2.75) is 52.1 Å². The Morgan fingerprint density at radius 1 is 1.03 bits per heavy atom. The van der Waals surface area contributed by atoms with E-state index >= 15 is 0 Å². The molecule has 0 aliphatic carbocycles. The molecule has 2 atom stereocenters. The van der Waals surface area contributed by atoms with Crippen LogP contribution in [0.4, 0.5) is 0 Å². The Balaban J connectivity index is 1.39. The van der Waals surface area contributed by atoms with Gasteiger partial charge in [-0.2, -0.15) is 0 Å². The number of aromatic hydroxyl groups is 1. The number of carbonyl (C=O) groups is 1. The van der Waals surface area contributed by atoms with Crippen molar-refractivity contribution in [3.8, 4) is 5.75 Å². The van der Waals surface area contributed by atoms with Crippen LogP contribution in [-0.4, -0.2) is 38.4 Å². The second-order valence-corrected chi connectivity index (χ2v) is 9.99. The van der Waals surface area contributed by atoms with Gasteiger partial charge in [0.15, 0.2) is 0 Å². The number of amides is 1. The molecule has 1 heterocycles. The normalized spacial score (nSPS) is 13.0. The SMILES string of the molecule is CCn1c(C(=O)NCc2ccc(Cl)cc2)cc2cc(C[C@@H](C)NC[C@@H](O)c3ccc(O)c(CO)c3)ccc21. The first-order valence-corrected chi connectivity index (χ1v) is 13.2. The summed E-state index contributed by atoms with van der Waals surface area (Å²) in [6.07, 6.45) is -0.0198. The third-order valence-corrected chi connectivity index (χ3v) is 6.99. The highest BCUT2D eigenvalue weighted by molar-refractivity contribution is 6.30. The average molecular weight is 536 g/mol. The Morgan fingerprint density at radius 2 is 1.76 bits per heavy atom. The number of nitrogens with one attached hydrogen (secondary N) is 2. The van der Waals surface area contributed by atoms with Gasteiger partial charge in [-0.25, -0.2) is 0 Å². The van der Waals surface area contributed by atoms with Crippen molar-refractivity contribution < 1.29 is 20.1 Å². The van der Waals surface area contributed by atoms with E-state index in [0.717, 1.165) is 28.5 Å². The maximum absolute atomic E-state index is 13.0. The predicted octanol–water partition coefficient (Wildman–Crippen LogP) is 4.70. The summed E-state index contributed by atoms with van der Waals surface area (Å²) in [6, 6.07) is 20.4. The molecule has 0 fully saturated rings. The maximum atomic E-state index is 13.0. The molecule has 0 aliphatic rings. The zero-order valence-corrected chi connectivity index (χ0v) is 22.4. The molecule has 0 bridgehead atoms. The summed E-state index contributed by atoms with van der Waals surface area (Å²) in [4.78, 5) is 13.0. The largest absolute Gasteiger partial charge is 0.508 e. The summed E-state index contributed by atoms with van der Waals surface area (Å²) >= 11 is 5.95. The predicted molar refractivity (Wildman–Crippen MR) is 150 cm³/mol. The Morgan fingerprint density at radius 3 is 2.47 bits per heavy atom. The molecule has 0 aliphatic heterocycles. The molecule has 1 amide bonds. The van der Waals surface area contributed by atoms with E-state index in [-0.39, 0.29) is 24.3 Å². The topological polar surface area (TPSA) is 107 Å². The first-order valence-electron chi connectivity index (χ1n) is 12.8. The summed E-state index contributed by atoms with van der Waals surface area (Å²) in [5, 5.41) is 37.7. The van der Waals surface area contributed by atoms with Crippen LogP contribution in [0.15, 0.2) is 66.7 Å². The van der Waals surface area contributed by atoms with E-state index in [2.05, 4.69) is 35.8 Å². The molecule has 4 rings (SSSR count). The zero-order valence-electron chi connectivity index (χ0n) is 21.6. The number of fused-ring (bicyclic) bond motifs is 1. The monoisotopic (exact) mass is 535 g/mol. The first-order chi connectivity index (χ1) is 18.3. The Bertz CT molecular complexity index is 1400. The molecule has 0 spiro atoms. The third-order valence-electron chi connectivity index (χ3n) is 6.74. The van der Waals surface area contributed by atoms with E-state index in [1.165, 1.54) is 6.07 Å². The highest BCUT2D eigenvalue weighted by Crippen LogP contribution is 2.24. The smallest absolute Gasteiger partial charge is 0.268 e. The molecule has 4 aromatic rings. The number of aliphatic hydroxyl groups is 2. The molecule has 38 heavy (non-hydrogen) atoms. The molecule has 5 N–H and O–H groups in total. The van der Waals surface area contributed by atoms with E-state index < -0.39 is 6.10 Å². The Hall–Kier alpha value is -3.36. The van der Waals surface area contributed by atoms with Crippen molar-refractivity contribution in [3.05, 3.63) is 99.7 Å². The van der Waals surface area contributed by atoms with Crippen LogP contribution in [-0.2, 0) is 26.1 Å². The number of hydrogen-bond donors (Lipinski definition) is 5. The number of rotatable bonds is 11. The third kappa shape index (κ3) is 6.55. The summed E-state index contributed by atoms with van der Waals surface area (Å²) in [5.74, 6) is -0.110. The minimum absolute atomic E-state index is 0.0132. The van der Waals surface area contributed by atoms with Gasteiger partial charge in [0.2, 0.25) is 0 Å². The number of hydrogen-bond acceptors (Lipinski definition) is 5. The van der Waals surface area contributed by atoms with E-state index in [1.807, 2.05) is 41.8 Å². The summed E-state index contributed by atoms with van der Waals surface area (Å²) in [7, 11) is 0. The van der Waals surface area contributed by atoms with E-state index in [4.69, 9.17) is 11.6 Å². The lowest BCUT2D eigenvalue weighted by Gasteiger charge is -2.18. The van der Waals surface area contributed by atoms with Gasteiger partial charge in [0.25, 0.3) is 5.91 Å². The Kier molecular flexibility index (Phi) is 9.07. The first kappa shape index (κ1) is 27.7. The second-order valence-electron chi connectivity index (χ2n) is 9.55. The minimum Gasteiger partial charge on any atom is -0.508 e. The van der Waals surface area contributed by atoms with Gasteiger partial charge in [0.1, 0.15) is 11.4 Å². The number of phenols is 1. The van der Waals surface area contributed by atoms with Crippen LogP contribution in [0.25, 0.3) is 10.9 Å². The van der Waals surface area contributed by atoms with Crippen LogP contribution >= 0.6 is 11.6 Å². The van der Waals surface area contributed by atoms with E-state index in [9.17, 15) is 20.1 Å². The fourth-order valence-corrected chi connectivity index (χ4v) is 4.77. The lowest BCUT2D eigenvalue weighted by atomic mass is 10.0. The summed E-state index contributed by atoms with van der Waals surface area (Å²) in [5.41, 5.74) is 4.77. The van der Waals surface area contributed by atoms with Gasteiger partial charge < -0.3 is 30.5 Å². The molecule has 3 aromatic carbocycles. The van der Waals surface area contributed by atoms with Crippen LogP contribution in [0.1, 0.15) is 52.7 Å². The van der Waals surface area contributed by atoms with Crippen LogP contribution in [0, 0.1) is 0 Å². The maximum Gasteiger partial charge on any atom is 0.268 e. The number of carbonyl (C=O) groups excluding carboxylic acids is 1. The molecular weight excluding hydrogens is 502 g/mol. The molecule has 7 nitrogen and oxygen atoms in total. The highest BCUT2D eigenvalue weighted by atomic mass is 35.5. The van der Waals surface area contributed by atoms with Gasteiger partial charge >= 0.3 is 0 Å². The number of aliphatic hydroxyl groups excluding tert-OH is 2. The molecule has 0 saturated carbocycles. The lowest BCUT2D eigenvalue weighted by Crippen LogP contribution is -2.32. The number of nitrogens with zero attached hydrogens (tertiary/aromatic N) is 1. The molecule has 0 saturated heterocycles. The van der Waals surface area contributed by atoms with Crippen molar-refractivity contribution in [1.82, 2.24) is 15.2 Å². The van der Waals surface area contributed by atoms with Crippen molar-refractivity contribution in [2.24, 2.45) is 0 Å². The quantitative estimate of drug-likeness (QED) is 0.191. The standard InChI is InChI=1S/C30H34ClN3O4/c1-3-34-26-10-6-21(12-19(2)32-17-29(37)22-7-11-28(36)24(14-22)18-35)13-23(26)15-27(34)30(38)33-16-20-4-8-25(31)9-5-20/h4-11,13-15,19,29,32,35-37H,3,12,16-18H2,1-2H3,(H,33,38)/t19-,29-/m1/s1. The van der Waals surface area contributed by atoms with Gasteiger partial charge in [-0.1, -0.05) is 35.9 Å². The van der Waals surface area contributed by atoms with Gasteiger partial charge in [0, 0.05) is 47.2 Å². The fraction of sp³-hybridized carbons (Fsp3) is 0.300. The van der Waals surface area contributed by atoms with Crippen LogP contribution in [0.5, 0.6) is 5.75 Å². The van der Waals surface area contributed by atoms with Crippen molar-refractivity contribution in [1.29, 1.82) is 0 Å². The van der Waals surface area contributed by atoms with Crippen LogP contribution in [0.3, 0.4) is 0 Å². The van der Waals surface area contributed by atoms with Gasteiger partial charge in [-0.05, 0) is 79.4 Å². The number of benzene rings is 3. The number of aryl methyl sites for hydroxylation is 1. The Labute approximate surface area is 227 Å². The summed E-state index contributed by atoms with van der Waals surface area (Å²) in [6.45, 7) is 5.23. The van der Waals surface area contributed by atoms with E-state index in [1.54, 1.807) is 12.1 Å². The lowest BCUT2D eigenvalue weighted by molar-refractivity contribution is 0.0942. The highest BCUT2D eigenvalue weighted by Gasteiger charge is 2.16. The van der Waals surface area contributed by atoms with Gasteiger partial charge in [0.05, 0.1) is 12.7 Å². The number of aromatic nitrogens is 1. The molecule has 0 unspecified atom stereocenters. The average Bonchev–Trinajstić information content (AvgIpc) is 3.29. The molecule has 1 aromatic heterocycles. The van der Waals surface area contributed by atoms with Crippen molar-refractivity contribution in [3.63, 3.8) is 0 Å². The molecule has 0 radical (unpaired) electrons. The van der Waals surface area contributed by atoms with Crippen molar-refractivity contribution in [2.75, 3.05) is 6.54 Å². The molecule has 200 valence electrons. The van der Waals surface area contributed by atoms with Crippen molar-refractivity contribution >= 4 is 28.4 Å². The summed E-state index contributed by atoms with van der Waals surface area (Å²) < 4.78 is 2.02.